The second-order valence-corrected chi connectivity index (χ2v) is 9.27. The second-order valence-electron chi connectivity index (χ2n) is 8.40. The van der Waals surface area contributed by atoms with Crippen LogP contribution in [0.15, 0.2) is 61.2 Å². The van der Waals surface area contributed by atoms with Crippen molar-refractivity contribution >= 4 is 35.1 Å². The number of rotatable bonds is 8. The van der Waals surface area contributed by atoms with Gasteiger partial charge in [-0.3, -0.25) is 4.79 Å². The van der Waals surface area contributed by atoms with E-state index in [1.807, 2.05) is 30.3 Å². The molecule has 0 unspecified atom stereocenters. The molecule has 1 heterocycles. The molecule has 1 aliphatic heterocycles. The fraction of sp³-hybridized carbons (Fsp3) is 0.385. The third-order valence-electron chi connectivity index (χ3n) is 6.09. The van der Waals surface area contributed by atoms with Gasteiger partial charge in [-0.15, -0.1) is 6.58 Å². The van der Waals surface area contributed by atoms with Crippen LogP contribution in [0.4, 0.5) is 0 Å². The minimum absolute atomic E-state index is 0.0605. The molecule has 4 atom stereocenters. The fourth-order valence-electron chi connectivity index (χ4n) is 4.49. The van der Waals surface area contributed by atoms with Gasteiger partial charge in [0.2, 0.25) is 0 Å². The van der Waals surface area contributed by atoms with Crippen LogP contribution in [-0.2, 0) is 19.1 Å². The third-order valence-corrected chi connectivity index (χ3v) is 6.58. The van der Waals surface area contributed by atoms with E-state index in [9.17, 15) is 9.59 Å². The highest BCUT2D eigenvalue weighted by Crippen LogP contribution is 2.48. The van der Waals surface area contributed by atoms with Gasteiger partial charge in [-0.05, 0) is 61.1 Å². The van der Waals surface area contributed by atoms with Crippen molar-refractivity contribution in [3.8, 4) is 0 Å². The predicted molar refractivity (Wildman–Crippen MR) is 128 cm³/mol. The van der Waals surface area contributed by atoms with E-state index in [4.69, 9.17) is 32.7 Å². The first-order valence-corrected chi connectivity index (χ1v) is 12.0. The van der Waals surface area contributed by atoms with Gasteiger partial charge in [0.25, 0.3) is 5.91 Å². The SMILES string of the molecule is C=CC[C@H]1O[C@H](c2cccc(Cl)c2)[C@H](c2ccc(Cl)cc2)N([C@@H](C(=O)OCC)C2CC2)C1=O. The lowest BCUT2D eigenvalue weighted by Gasteiger charge is -2.47. The van der Waals surface area contributed by atoms with Crippen molar-refractivity contribution in [1.29, 1.82) is 0 Å². The number of carbonyl (C=O) groups excluding carboxylic acids is 2. The molecule has 0 N–H and O–H groups in total. The second kappa shape index (κ2) is 10.3. The Balaban J connectivity index is 1.87. The molecule has 1 saturated heterocycles. The molecule has 1 amide bonds. The van der Waals surface area contributed by atoms with Gasteiger partial charge < -0.3 is 14.4 Å². The number of hydrogen-bond donors (Lipinski definition) is 0. The van der Waals surface area contributed by atoms with Crippen LogP contribution in [-0.4, -0.2) is 35.5 Å². The van der Waals surface area contributed by atoms with E-state index < -0.39 is 24.3 Å². The van der Waals surface area contributed by atoms with Gasteiger partial charge in [0.05, 0.1) is 12.6 Å². The van der Waals surface area contributed by atoms with E-state index in [1.165, 1.54) is 0 Å². The van der Waals surface area contributed by atoms with Gasteiger partial charge in [0.1, 0.15) is 18.2 Å². The van der Waals surface area contributed by atoms with E-state index in [0.717, 1.165) is 24.0 Å². The van der Waals surface area contributed by atoms with Gasteiger partial charge >= 0.3 is 5.97 Å². The van der Waals surface area contributed by atoms with Crippen LogP contribution in [0.1, 0.15) is 49.5 Å². The molecular formula is C26H27Cl2NO4. The van der Waals surface area contributed by atoms with Gasteiger partial charge in [-0.2, -0.15) is 0 Å². The highest BCUT2D eigenvalue weighted by molar-refractivity contribution is 6.30. The Morgan fingerprint density at radius 1 is 1.18 bits per heavy atom. The van der Waals surface area contributed by atoms with Gasteiger partial charge in [-0.25, -0.2) is 4.79 Å². The highest BCUT2D eigenvalue weighted by Gasteiger charge is 2.52. The molecule has 33 heavy (non-hydrogen) atoms. The zero-order chi connectivity index (χ0) is 23.5. The molecule has 4 rings (SSSR count). The summed E-state index contributed by atoms with van der Waals surface area (Å²) in [4.78, 5) is 28.6. The molecule has 1 saturated carbocycles. The minimum atomic E-state index is -0.759. The van der Waals surface area contributed by atoms with Crippen molar-refractivity contribution in [2.75, 3.05) is 6.61 Å². The first-order chi connectivity index (χ1) is 15.9. The van der Waals surface area contributed by atoms with Crippen molar-refractivity contribution in [2.24, 2.45) is 5.92 Å². The summed E-state index contributed by atoms with van der Waals surface area (Å²) < 4.78 is 11.8. The number of esters is 1. The molecule has 2 aliphatic rings. The average Bonchev–Trinajstić information content (AvgIpc) is 3.62. The van der Waals surface area contributed by atoms with Gasteiger partial charge in [-0.1, -0.05) is 53.5 Å². The summed E-state index contributed by atoms with van der Waals surface area (Å²) in [7, 11) is 0. The lowest BCUT2D eigenvalue weighted by atomic mass is 9.89. The number of nitrogens with zero attached hydrogens (tertiary/aromatic N) is 1. The number of morpholine rings is 1. The first-order valence-electron chi connectivity index (χ1n) is 11.2. The summed E-state index contributed by atoms with van der Waals surface area (Å²) >= 11 is 12.5. The number of hydrogen-bond acceptors (Lipinski definition) is 4. The monoisotopic (exact) mass is 487 g/mol. The largest absolute Gasteiger partial charge is 0.464 e. The maximum Gasteiger partial charge on any atom is 0.329 e. The first kappa shape index (κ1) is 23.8. The Morgan fingerprint density at radius 2 is 1.91 bits per heavy atom. The quantitative estimate of drug-likeness (QED) is 0.342. The molecule has 5 nitrogen and oxygen atoms in total. The standard InChI is InChI=1S/C26H27Cl2NO4/c1-3-6-21-25(30)29(23(17-9-10-17)26(31)32-4-2)22(16-11-13-19(27)14-12-16)24(33-21)18-7-5-8-20(28)15-18/h3,5,7-8,11-15,17,21-24H,1,4,6,9-10H2,2H3/t21-,22+,23-,24-/m1/s1. The van der Waals surface area contributed by atoms with Gasteiger partial charge in [0.15, 0.2) is 0 Å². The molecule has 0 bridgehead atoms. The number of benzene rings is 2. The molecule has 0 aromatic heterocycles. The topological polar surface area (TPSA) is 55.8 Å². The van der Waals surface area contributed by atoms with Gasteiger partial charge in [0, 0.05) is 16.5 Å². The zero-order valence-corrected chi connectivity index (χ0v) is 20.0. The number of halogens is 2. The van der Waals surface area contributed by atoms with E-state index in [1.54, 1.807) is 36.1 Å². The molecule has 174 valence electrons. The molecular weight excluding hydrogens is 461 g/mol. The lowest BCUT2D eigenvalue weighted by molar-refractivity contribution is -0.186. The van der Waals surface area contributed by atoms with Crippen molar-refractivity contribution in [1.82, 2.24) is 4.90 Å². The van der Waals surface area contributed by atoms with E-state index >= 15 is 0 Å². The Labute approximate surface area is 204 Å². The van der Waals surface area contributed by atoms with Crippen LogP contribution in [0.25, 0.3) is 0 Å². The molecule has 7 heteroatoms. The van der Waals surface area contributed by atoms with Crippen LogP contribution in [0.2, 0.25) is 10.0 Å². The summed E-state index contributed by atoms with van der Waals surface area (Å²) in [5.74, 6) is -0.556. The van der Waals surface area contributed by atoms with Crippen LogP contribution in [0, 0.1) is 5.92 Å². The number of ether oxygens (including phenoxy) is 2. The fourth-order valence-corrected chi connectivity index (χ4v) is 4.81. The normalized spacial score (nSPS) is 23.8. The summed E-state index contributed by atoms with van der Waals surface area (Å²) in [6.07, 6.45) is 2.44. The highest BCUT2D eigenvalue weighted by atomic mass is 35.5. The maximum atomic E-state index is 13.8. The van der Waals surface area contributed by atoms with Crippen molar-refractivity contribution < 1.29 is 19.1 Å². The van der Waals surface area contributed by atoms with E-state index in [2.05, 4.69) is 6.58 Å². The number of amides is 1. The Kier molecular flexibility index (Phi) is 7.42. The van der Waals surface area contributed by atoms with Crippen LogP contribution < -0.4 is 0 Å². The average molecular weight is 488 g/mol. The zero-order valence-electron chi connectivity index (χ0n) is 18.5. The molecule has 0 spiro atoms. The van der Waals surface area contributed by atoms with Crippen molar-refractivity contribution in [2.45, 2.75) is 50.5 Å². The Morgan fingerprint density at radius 3 is 2.52 bits per heavy atom. The number of carbonyl (C=O) groups is 2. The molecule has 0 radical (unpaired) electrons. The summed E-state index contributed by atoms with van der Waals surface area (Å²) in [5, 5.41) is 1.15. The predicted octanol–water partition coefficient (Wildman–Crippen LogP) is 5.92. The Hall–Kier alpha value is -2.34. The van der Waals surface area contributed by atoms with Crippen LogP contribution in [0.3, 0.4) is 0 Å². The summed E-state index contributed by atoms with van der Waals surface area (Å²) in [5.41, 5.74) is 1.65. The van der Waals surface area contributed by atoms with Crippen LogP contribution in [0.5, 0.6) is 0 Å². The lowest BCUT2D eigenvalue weighted by Crippen LogP contribution is -2.57. The van der Waals surface area contributed by atoms with E-state index in [-0.39, 0.29) is 24.4 Å². The Bertz CT molecular complexity index is 1020. The minimum Gasteiger partial charge on any atom is -0.464 e. The third kappa shape index (κ3) is 5.11. The summed E-state index contributed by atoms with van der Waals surface area (Å²) in [6, 6.07) is 13.5. The maximum absolute atomic E-state index is 13.8. The molecule has 2 aromatic rings. The van der Waals surface area contributed by atoms with Crippen LogP contribution >= 0.6 is 23.2 Å². The van der Waals surface area contributed by atoms with Crippen molar-refractivity contribution in [3.63, 3.8) is 0 Å². The smallest absolute Gasteiger partial charge is 0.329 e. The van der Waals surface area contributed by atoms with Crippen molar-refractivity contribution in [3.05, 3.63) is 82.4 Å². The molecule has 1 aliphatic carbocycles. The molecule has 2 fully saturated rings. The molecule has 2 aromatic carbocycles. The summed E-state index contributed by atoms with van der Waals surface area (Å²) in [6.45, 7) is 5.81. The van der Waals surface area contributed by atoms with E-state index in [0.29, 0.717) is 16.5 Å².